The van der Waals surface area contributed by atoms with Crippen LogP contribution in [-0.4, -0.2) is 15.0 Å². The zero-order valence-electron chi connectivity index (χ0n) is 10.8. The Bertz CT molecular complexity index is 761. The molecule has 0 N–H and O–H groups in total. The molecule has 98 valence electrons. The molecule has 0 saturated heterocycles. The molecule has 6 heteroatoms. The third kappa shape index (κ3) is 2.38. The lowest BCUT2D eigenvalue weighted by Gasteiger charge is -2.00. The number of nitrogens with zero attached hydrogens (tertiary/aromatic N) is 3. The molecular formula is C13H12ClN3S2. The summed E-state index contributed by atoms with van der Waals surface area (Å²) in [6.45, 7) is 6.14. The van der Waals surface area contributed by atoms with E-state index in [1.807, 2.05) is 12.3 Å². The van der Waals surface area contributed by atoms with Crippen LogP contribution in [0.2, 0.25) is 5.15 Å². The first-order valence-corrected chi connectivity index (χ1v) is 7.95. The highest BCUT2D eigenvalue weighted by Gasteiger charge is 2.14. The Morgan fingerprint density at radius 1 is 1.16 bits per heavy atom. The second-order valence-corrected chi connectivity index (χ2v) is 6.96. The first kappa shape index (κ1) is 13.0. The number of thiazole rings is 1. The van der Waals surface area contributed by atoms with E-state index in [1.165, 1.54) is 10.4 Å². The molecule has 3 nitrogen and oxygen atoms in total. The van der Waals surface area contributed by atoms with Crippen LogP contribution < -0.4 is 0 Å². The molecule has 19 heavy (non-hydrogen) atoms. The van der Waals surface area contributed by atoms with Gasteiger partial charge in [0.25, 0.3) is 0 Å². The summed E-state index contributed by atoms with van der Waals surface area (Å²) in [5.74, 6) is 0.744. The van der Waals surface area contributed by atoms with Crippen molar-refractivity contribution >= 4 is 44.5 Å². The number of aryl methyl sites for hydroxylation is 3. The maximum absolute atomic E-state index is 6.29. The minimum atomic E-state index is 0.551. The number of hydrogen-bond acceptors (Lipinski definition) is 5. The third-order valence-corrected chi connectivity index (χ3v) is 5.35. The largest absolute Gasteiger partial charge is 0.246 e. The summed E-state index contributed by atoms with van der Waals surface area (Å²) in [6.07, 6.45) is 0.643. The summed E-state index contributed by atoms with van der Waals surface area (Å²) < 4.78 is 0. The summed E-state index contributed by atoms with van der Waals surface area (Å²) in [5.41, 5.74) is 2.22. The van der Waals surface area contributed by atoms with Crippen molar-refractivity contribution in [1.82, 2.24) is 15.0 Å². The molecule has 0 aliphatic rings. The molecule has 0 aliphatic carbocycles. The monoisotopic (exact) mass is 309 g/mol. The first-order chi connectivity index (χ1) is 9.04. The van der Waals surface area contributed by atoms with Gasteiger partial charge in [0.15, 0.2) is 0 Å². The van der Waals surface area contributed by atoms with Crippen molar-refractivity contribution in [1.29, 1.82) is 0 Å². The molecule has 0 radical (unpaired) electrons. The minimum absolute atomic E-state index is 0.551. The molecule has 3 aromatic rings. The SMILES string of the molecule is Cc1csc(Cc2nc(Cl)c3c(C)c(C)sc3n2)n1. The number of rotatable bonds is 2. The van der Waals surface area contributed by atoms with E-state index in [1.54, 1.807) is 22.7 Å². The molecule has 3 aromatic heterocycles. The maximum Gasteiger partial charge on any atom is 0.141 e. The Labute approximate surface area is 124 Å². The number of thiophene rings is 1. The van der Waals surface area contributed by atoms with E-state index >= 15 is 0 Å². The van der Waals surface area contributed by atoms with Crippen molar-refractivity contribution in [2.24, 2.45) is 0 Å². The van der Waals surface area contributed by atoms with E-state index in [0.29, 0.717) is 11.6 Å². The first-order valence-electron chi connectivity index (χ1n) is 5.87. The molecule has 0 unspecified atom stereocenters. The molecule has 0 saturated carbocycles. The number of fused-ring (bicyclic) bond motifs is 1. The van der Waals surface area contributed by atoms with Gasteiger partial charge in [-0.1, -0.05) is 11.6 Å². The number of halogens is 1. The zero-order chi connectivity index (χ0) is 13.6. The van der Waals surface area contributed by atoms with Crippen LogP contribution in [0, 0.1) is 20.8 Å². The van der Waals surface area contributed by atoms with Crippen molar-refractivity contribution in [3.63, 3.8) is 0 Å². The van der Waals surface area contributed by atoms with Crippen LogP contribution >= 0.6 is 34.3 Å². The van der Waals surface area contributed by atoms with Crippen LogP contribution in [0.1, 0.15) is 27.0 Å². The van der Waals surface area contributed by atoms with E-state index in [4.69, 9.17) is 11.6 Å². The van der Waals surface area contributed by atoms with E-state index in [2.05, 4.69) is 28.8 Å². The second-order valence-electron chi connectivity index (χ2n) is 4.45. The van der Waals surface area contributed by atoms with Crippen molar-refractivity contribution in [3.05, 3.63) is 37.5 Å². The summed E-state index contributed by atoms with van der Waals surface area (Å²) >= 11 is 9.59. The van der Waals surface area contributed by atoms with Gasteiger partial charge in [-0.15, -0.1) is 22.7 Å². The molecule has 3 heterocycles. The van der Waals surface area contributed by atoms with Gasteiger partial charge in [0, 0.05) is 16.0 Å². The van der Waals surface area contributed by atoms with E-state index < -0.39 is 0 Å². The van der Waals surface area contributed by atoms with Gasteiger partial charge in [-0.25, -0.2) is 15.0 Å². The highest BCUT2D eigenvalue weighted by atomic mass is 35.5. The number of hydrogen-bond donors (Lipinski definition) is 0. The highest BCUT2D eigenvalue weighted by Crippen LogP contribution is 2.33. The molecule has 0 atom stereocenters. The fraction of sp³-hybridized carbons (Fsp3) is 0.308. The lowest BCUT2D eigenvalue weighted by Crippen LogP contribution is -1.97. The van der Waals surface area contributed by atoms with Gasteiger partial charge in [-0.05, 0) is 26.3 Å². The minimum Gasteiger partial charge on any atom is -0.246 e. The van der Waals surface area contributed by atoms with Crippen molar-refractivity contribution in [2.75, 3.05) is 0 Å². The summed E-state index contributed by atoms with van der Waals surface area (Å²) in [4.78, 5) is 15.7. The molecule has 3 rings (SSSR count). The summed E-state index contributed by atoms with van der Waals surface area (Å²) in [5, 5.41) is 4.60. The van der Waals surface area contributed by atoms with Crippen LogP contribution in [0.5, 0.6) is 0 Å². The van der Waals surface area contributed by atoms with Gasteiger partial charge in [0.05, 0.1) is 11.8 Å². The Morgan fingerprint density at radius 2 is 1.95 bits per heavy atom. The van der Waals surface area contributed by atoms with Crippen molar-refractivity contribution in [3.8, 4) is 0 Å². The predicted molar refractivity (Wildman–Crippen MR) is 81.6 cm³/mol. The van der Waals surface area contributed by atoms with E-state index in [0.717, 1.165) is 26.7 Å². The molecular weight excluding hydrogens is 298 g/mol. The quantitative estimate of drug-likeness (QED) is 0.662. The van der Waals surface area contributed by atoms with Crippen LogP contribution in [0.4, 0.5) is 0 Å². The average molecular weight is 310 g/mol. The van der Waals surface area contributed by atoms with Gasteiger partial charge in [-0.2, -0.15) is 0 Å². The molecule has 0 amide bonds. The lowest BCUT2D eigenvalue weighted by atomic mass is 10.2. The molecule has 0 aliphatic heterocycles. The van der Waals surface area contributed by atoms with E-state index in [9.17, 15) is 0 Å². The van der Waals surface area contributed by atoms with Crippen LogP contribution in [0.15, 0.2) is 5.38 Å². The van der Waals surface area contributed by atoms with Gasteiger partial charge in [-0.3, -0.25) is 0 Å². The standard InChI is InChI=1S/C13H12ClN3S2/c1-6-5-18-10(15-6)4-9-16-12(14)11-7(2)8(3)19-13(11)17-9/h5H,4H2,1-3H3. The Morgan fingerprint density at radius 3 is 2.63 bits per heavy atom. The van der Waals surface area contributed by atoms with E-state index in [-0.39, 0.29) is 0 Å². The van der Waals surface area contributed by atoms with Crippen LogP contribution in [0.3, 0.4) is 0 Å². The smallest absolute Gasteiger partial charge is 0.141 e. The third-order valence-electron chi connectivity index (χ3n) is 3.01. The molecule has 0 fully saturated rings. The predicted octanol–water partition coefficient (Wildman–Crippen LogP) is 4.32. The van der Waals surface area contributed by atoms with Gasteiger partial charge in [0.1, 0.15) is 20.8 Å². The lowest BCUT2D eigenvalue weighted by molar-refractivity contribution is 0.975. The fourth-order valence-corrected chi connectivity index (χ4v) is 4.14. The van der Waals surface area contributed by atoms with Gasteiger partial charge < -0.3 is 0 Å². The average Bonchev–Trinajstić information content (AvgIpc) is 2.85. The highest BCUT2D eigenvalue weighted by molar-refractivity contribution is 7.18. The maximum atomic E-state index is 6.29. The molecule has 0 bridgehead atoms. The fourth-order valence-electron chi connectivity index (χ4n) is 1.94. The zero-order valence-corrected chi connectivity index (χ0v) is 13.2. The summed E-state index contributed by atoms with van der Waals surface area (Å²) in [7, 11) is 0. The topological polar surface area (TPSA) is 38.7 Å². The normalized spacial score (nSPS) is 11.4. The van der Waals surface area contributed by atoms with Crippen molar-refractivity contribution in [2.45, 2.75) is 27.2 Å². The van der Waals surface area contributed by atoms with Gasteiger partial charge in [0.2, 0.25) is 0 Å². The van der Waals surface area contributed by atoms with Crippen LogP contribution in [-0.2, 0) is 6.42 Å². The van der Waals surface area contributed by atoms with Crippen LogP contribution in [0.25, 0.3) is 10.2 Å². The summed E-state index contributed by atoms with van der Waals surface area (Å²) in [6, 6.07) is 0. The Hall–Kier alpha value is -1.04. The number of aromatic nitrogens is 3. The second kappa shape index (κ2) is 4.81. The molecule has 0 spiro atoms. The van der Waals surface area contributed by atoms with Crippen molar-refractivity contribution < 1.29 is 0 Å². The Kier molecular flexibility index (Phi) is 3.28. The Balaban J connectivity index is 2.06. The molecule has 0 aromatic carbocycles. The van der Waals surface area contributed by atoms with Gasteiger partial charge >= 0.3 is 0 Å².